The Bertz CT molecular complexity index is 477. The zero-order valence-corrected chi connectivity index (χ0v) is 8.42. The van der Waals surface area contributed by atoms with E-state index >= 15 is 0 Å². The lowest BCUT2D eigenvalue weighted by Gasteiger charge is -1.92. The van der Waals surface area contributed by atoms with Crippen LogP contribution in [0.25, 0.3) is 11.2 Å². The summed E-state index contributed by atoms with van der Waals surface area (Å²) in [6, 6.07) is 3.46. The second kappa shape index (κ2) is 2.92. The Morgan fingerprint density at radius 2 is 2.23 bits per heavy atom. The van der Waals surface area contributed by atoms with E-state index in [4.69, 9.17) is 0 Å². The molecule has 0 amide bonds. The standard InChI is InChI=1S/C8H6BrN3O/c1-4(13)5-2-3-6-7(10-5)12-8(9)11-6/h2-3H,1H3,(H,10,11,12). The Kier molecular flexibility index (Phi) is 1.88. The van der Waals surface area contributed by atoms with Crippen molar-refractivity contribution >= 4 is 32.9 Å². The normalized spacial score (nSPS) is 10.6. The topological polar surface area (TPSA) is 58.6 Å². The van der Waals surface area contributed by atoms with Crippen molar-refractivity contribution < 1.29 is 4.79 Å². The first-order valence-corrected chi connectivity index (χ1v) is 4.49. The molecule has 1 N–H and O–H groups in total. The largest absolute Gasteiger partial charge is 0.331 e. The lowest BCUT2D eigenvalue weighted by atomic mass is 10.3. The molecule has 0 atom stereocenters. The van der Waals surface area contributed by atoms with E-state index in [0.29, 0.717) is 16.1 Å². The summed E-state index contributed by atoms with van der Waals surface area (Å²) in [7, 11) is 0. The molecule has 13 heavy (non-hydrogen) atoms. The van der Waals surface area contributed by atoms with Crippen LogP contribution in [-0.4, -0.2) is 20.7 Å². The summed E-state index contributed by atoms with van der Waals surface area (Å²) >= 11 is 3.19. The highest BCUT2D eigenvalue weighted by atomic mass is 79.9. The molecule has 0 fully saturated rings. The maximum Gasteiger partial charge on any atom is 0.179 e. The van der Waals surface area contributed by atoms with Gasteiger partial charge in [-0.2, -0.15) is 0 Å². The molecule has 0 bridgehead atoms. The molecule has 0 saturated heterocycles. The summed E-state index contributed by atoms with van der Waals surface area (Å²) in [4.78, 5) is 22.1. The minimum atomic E-state index is -0.0546. The van der Waals surface area contributed by atoms with Crippen LogP contribution in [0.1, 0.15) is 17.4 Å². The summed E-state index contributed by atoms with van der Waals surface area (Å²) in [6.45, 7) is 1.48. The van der Waals surface area contributed by atoms with E-state index in [2.05, 4.69) is 30.9 Å². The van der Waals surface area contributed by atoms with Crippen LogP contribution in [0.2, 0.25) is 0 Å². The number of nitrogens with zero attached hydrogens (tertiary/aromatic N) is 2. The number of Topliss-reactive ketones (excluding diaryl/α,β-unsaturated/α-hetero) is 1. The predicted molar refractivity (Wildman–Crippen MR) is 51.6 cm³/mol. The van der Waals surface area contributed by atoms with Crippen molar-refractivity contribution in [3.05, 3.63) is 22.6 Å². The van der Waals surface area contributed by atoms with Gasteiger partial charge in [-0.25, -0.2) is 9.97 Å². The molecule has 0 spiro atoms. The summed E-state index contributed by atoms with van der Waals surface area (Å²) in [5.74, 6) is -0.0546. The molecule has 66 valence electrons. The molecular weight excluding hydrogens is 234 g/mol. The Morgan fingerprint density at radius 3 is 2.92 bits per heavy atom. The number of carbonyl (C=O) groups excluding carboxylic acids is 1. The van der Waals surface area contributed by atoms with Crippen LogP contribution in [0, 0.1) is 0 Å². The van der Waals surface area contributed by atoms with E-state index in [1.54, 1.807) is 12.1 Å². The van der Waals surface area contributed by atoms with Crippen molar-refractivity contribution in [2.75, 3.05) is 0 Å². The lowest BCUT2D eigenvalue weighted by molar-refractivity contribution is 0.101. The van der Waals surface area contributed by atoms with Crippen LogP contribution in [0.4, 0.5) is 0 Å². The molecule has 2 aromatic heterocycles. The Balaban J connectivity index is 2.67. The number of H-pyrrole nitrogens is 1. The molecule has 5 heteroatoms. The molecule has 2 aromatic rings. The van der Waals surface area contributed by atoms with Crippen LogP contribution < -0.4 is 0 Å². The number of aromatic amines is 1. The number of rotatable bonds is 1. The second-order valence-corrected chi connectivity index (χ2v) is 3.40. The number of pyridine rings is 1. The third-order valence-electron chi connectivity index (χ3n) is 1.68. The Labute approximate surface area is 82.5 Å². The highest BCUT2D eigenvalue weighted by Crippen LogP contribution is 2.13. The molecule has 4 nitrogen and oxygen atoms in total. The zero-order valence-electron chi connectivity index (χ0n) is 6.84. The fourth-order valence-electron chi connectivity index (χ4n) is 1.06. The van der Waals surface area contributed by atoms with E-state index in [1.807, 2.05) is 0 Å². The predicted octanol–water partition coefficient (Wildman–Crippen LogP) is 1.92. The lowest BCUT2D eigenvalue weighted by Crippen LogP contribution is -1.95. The van der Waals surface area contributed by atoms with Crippen LogP contribution in [0.5, 0.6) is 0 Å². The summed E-state index contributed by atoms with van der Waals surface area (Å²) in [5, 5.41) is 0. The molecule has 0 radical (unpaired) electrons. The van der Waals surface area contributed by atoms with Gasteiger partial charge >= 0.3 is 0 Å². The second-order valence-electron chi connectivity index (χ2n) is 2.65. The van der Waals surface area contributed by atoms with Crippen LogP contribution >= 0.6 is 15.9 Å². The first kappa shape index (κ1) is 8.37. The summed E-state index contributed by atoms with van der Waals surface area (Å²) in [6.07, 6.45) is 0. The van der Waals surface area contributed by atoms with Gasteiger partial charge in [0.15, 0.2) is 16.2 Å². The van der Waals surface area contributed by atoms with Gasteiger partial charge in [0, 0.05) is 6.92 Å². The highest BCUT2D eigenvalue weighted by molar-refractivity contribution is 9.10. The van der Waals surface area contributed by atoms with E-state index in [9.17, 15) is 4.79 Å². The average molecular weight is 240 g/mol. The van der Waals surface area contributed by atoms with Gasteiger partial charge in [0.05, 0.1) is 5.52 Å². The Morgan fingerprint density at radius 1 is 1.46 bits per heavy atom. The van der Waals surface area contributed by atoms with Crippen molar-refractivity contribution in [1.82, 2.24) is 15.0 Å². The first-order valence-electron chi connectivity index (χ1n) is 3.70. The maximum absolute atomic E-state index is 11.0. The quantitative estimate of drug-likeness (QED) is 0.774. The van der Waals surface area contributed by atoms with Gasteiger partial charge in [0.2, 0.25) is 0 Å². The van der Waals surface area contributed by atoms with Crippen molar-refractivity contribution in [2.24, 2.45) is 0 Å². The molecular formula is C8H6BrN3O. The smallest absolute Gasteiger partial charge is 0.179 e. The number of carbonyl (C=O) groups is 1. The number of nitrogens with one attached hydrogen (secondary N) is 1. The van der Waals surface area contributed by atoms with Gasteiger partial charge in [-0.15, -0.1) is 0 Å². The number of ketones is 1. The molecule has 0 aliphatic heterocycles. The molecule has 0 unspecified atom stereocenters. The van der Waals surface area contributed by atoms with Gasteiger partial charge in [0.25, 0.3) is 0 Å². The molecule has 2 heterocycles. The summed E-state index contributed by atoms with van der Waals surface area (Å²) in [5.41, 5.74) is 1.81. The molecule has 2 rings (SSSR count). The molecule has 0 aliphatic carbocycles. The minimum Gasteiger partial charge on any atom is -0.331 e. The van der Waals surface area contributed by atoms with Crippen LogP contribution in [0.15, 0.2) is 16.9 Å². The number of hydrogen-bond donors (Lipinski definition) is 1. The zero-order chi connectivity index (χ0) is 9.42. The number of fused-ring (bicyclic) bond motifs is 1. The minimum absolute atomic E-state index is 0.0546. The van der Waals surface area contributed by atoms with Gasteiger partial charge in [-0.05, 0) is 28.1 Å². The van der Waals surface area contributed by atoms with Gasteiger partial charge in [-0.1, -0.05) is 0 Å². The fraction of sp³-hybridized carbons (Fsp3) is 0.125. The van der Waals surface area contributed by atoms with Crippen molar-refractivity contribution in [3.63, 3.8) is 0 Å². The van der Waals surface area contributed by atoms with Crippen molar-refractivity contribution in [1.29, 1.82) is 0 Å². The number of aromatic nitrogens is 3. The monoisotopic (exact) mass is 239 g/mol. The molecule has 0 aromatic carbocycles. The number of imidazole rings is 1. The van der Waals surface area contributed by atoms with E-state index in [1.165, 1.54) is 6.92 Å². The SMILES string of the molecule is CC(=O)c1ccc2[nH]c(Br)nc2n1. The molecule has 0 saturated carbocycles. The van der Waals surface area contributed by atoms with E-state index in [-0.39, 0.29) is 5.78 Å². The average Bonchev–Trinajstić information content (AvgIpc) is 2.42. The van der Waals surface area contributed by atoms with Crippen molar-refractivity contribution in [2.45, 2.75) is 6.92 Å². The summed E-state index contributed by atoms with van der Waals surface area (Å²) < 4.78 is 0.621. The van der Waals surface area contributed by atoms with Crippen LogP contribution in [0.3, 0.4) is 0 Å². The molecule has 0 aliphatic rings. The van der Waals surface area contributed by atoms with Gasteiger partial charge in [0.1, 0.15) is 5.69 Å². The van der Waals surface area contributed by atoms with E-state index in [0.717, 1.165) is 5.52 Å². The number of hydrogen-bond acceptors (Lipinski definition) is 3. The highest BCUT2D eigenvalue weighted by Gasteiger charge is 2.05. The first-order chi connectivity index (χ1) is 6.16. The third-order valence-corrected chi connectivity index (χ3v) is 2.05. The van der Waals surface area contributed by atoms with E-state index < -0.39 is 0 Å². The maximum atomic E-state index is 11.0. The third kappa shape index (κ3) is 1.47. The van der Waals surface area contributed by atoms with Crippen LogP contribution in [-0.2, 0) is 0 Å². The fourth-order valence-corrected chi connectivity index (χ4v) is 1.44. The van der Waals surface area contributed by atoms with Crippen molar-refractivity contribution in [3.8, 4) is 0 Å². The Hall–Kier alpha value is -1.23. The number of halogens is 1. The van der Waals surface area contributed by atoms with Gasteiger partial charge < -0.3 is 4.98 Å². The van der Waals surface area contributed by atoms with Gasteiger partial charge in [-0.3, -0.25) is 4.79 Å².